The van der Waals surface area contributed by atoms with E-state index in [0.29, 0.717) is 36.4 Å². The Morgan fingerprint density at radius 2 is 1.57 bits per heavy atom. The van der Waals surface area contributed by atoms with Crippen LogP contribution in [0.1, 0.15) is 66.4 Å². The maximum atomic E-state index is 13.6. The standard InChI is InChI=1S/C31H35ClF4N2O2/c1-19-16-23(20-2-4-21(5-3-20)29(39)37-13-11-24(12-14-37)31(34,35)36)18-28(32)27(19)17-22-10-15-38(30(22)40)26-8-6-25(33)7-9-26/h2-5,16,18,22,24-26H,6-15,17H2,1H3/t22-,25?,26?/m0/s1. The number of halogens is 5. The molecule has 0 spiro atoms. The minimum absolute atomic E-state index is 0.0674. The van der Waals surface area contributed by atoms with Gasteiger partial charge in [0.1, 0.15) is 6.17 Å². The van der Waals surface area contributed by atoms with Gasteiger partial charge in [0.2, 0.25) is 5.91 Å². The molecule has 0 bridgehead atoms. The summed E-state index contributed by atoms with van der Waals surface area (Å²) in [4.78, 5) is 29.5. The topological polar surface area (TPSA) is 40.6 Å². The van der Waals surface area contributed by atoms with Crippen LogP contribution in [-0.4, -0.2) is 59.6 Å². The third-order valence-electron chi connectivity index (χ3n) is 9.00. The van der Waals surface area contributed by atoms with E-state index in [9.17, 15) is 27.2 Å². The molecule has 0 unspecified atom stereocenters. The van der Waals surface area contributed by atoms with Gasteiger partial charge < -0.3 is 9.80 Å². The zero-order valence-corrected chi connectivity index (χ0v) is 23.4. The Bertz CT molecular complexity index is 1210. The number of hydrogen-bond donors (Lipinski definition) is 0. The number of hydrogen-bond acceptors (Lipinski definition) is 2. The summed E-state index contributed by atoms with van der Waals surface area (Å²) in [6.07, 6.45) is -1.23. The van der Waals surface area contributed by atoms with Crippen molar-refractivity contribution >= 4 is 23.4 Å². The van der Waals surface area contributed by atoms with Crippen molar-refractivity contribution in [1.29, 1.82) is 0 Å². The smallest absolute Gasteiger partial charge is 0.339 e. The minimum Gasteiger partial charge on any atom is -0.339 e. The second kappa shape index (κ2) is 11.7. The SMILES string of the molecule is Cc1cc(-c2ccc(C(=O)N3CCC(C(F)(F)F)CC3)cc2)cc(Cl)c1C[C@@H]1CCN(C2CCC(F)CC2)C1=O. The summed E-state index contributed by atoms with van der Waals surface area (Å²) in [6.45, 7) is 2.89. The van der Waals surface area contributed by atoms with Crippen molar-refractivity contribution < 1.29 is 27.2 Å². The van der Waals surface area contributed by atoms with Crippen LogP contribution in [-0.2, 0) is 11.2 Å². The molecule has 0 radical (unpaired) electrons. The number of rotatable bonds is 5. The highest BCUT2D eigenvalue weighted by molar-refractivity contribution is 6.31. The van der Waals surface area contributed by atoms with E-state index in [4.69, 9.17) is 11.6 Å². The number of carbonyl (C=O) groups excluding carboxylic acids is 2. The van der Waals surface area contributed by atoms with Crippen molar-refractivity contribution in [3.05, 3.63) is 58.1 Å². The van der Waals surface area contributed by atoms with Gasteiger partial charge >= 0.3 is 6.18 Å². The molecule has 2 heterocycles. The van der Waals surface area contributed by atoms with Gasteiger partial charge in [-0.05, 0) is 98.7 Å². The molecule has 1 saturated carbocycles. The molecule has 9 heteroatoms. The van der Waals surface area contributed by atoms with Gasteiger partial charge in [-0.25, -0.2) is 4.39 Å². The molecule has 0 N–H and O–H groups in total. The highest BCUT2D eigenvalue weighted by Gasteiger charge is 2.42. The maximum absolute atomic E-state index is 13.6. The lowest BCUT2D eigenvalue weighted by Crippen LogP contribution is -2.42. The molecule has 1 atom stereocenters. The van der Waals surface area contributed by atoms with Crippen LogP contribution in [0, 0.1) is 18.8 Å². The molecule has 2 saturated heterocycles. The molecule has 1 aliphatic carbocycles. The fourth-order valence-corrected chi connectivity index (χ4v) is 6.85. The first-order chi connectivity index (χ1) is 19.0. The van der Waals surface area contributed by atoms with Crippen molar-refractivity contribution in [3.8, 4) is 11.1 Å². The average molecular weight is 579 g/mol. The van der Waals surface area contributed by atoms with Crippen LogP contribution in [0.4, 0.5) is 17.6 Å². The summed E-state index contributed by atoms with van der Waals surface area (Å²) in [6, 6.07) is 11.1. The van der Waals surface area contributed by atoms with Gasteiger partial charge in [0.05, 0.1) is 5.92 Å². The second-order valence-corrected chi connectivity index (χ2v) is 12.0. The lowest BCUT2D eigenvalue weighted by atomic mass is 9.91. The van der Waals surface area contributed by atoms with Crippen molar-refractivity contribution in [1.82, 2.24) is 9.80 Å². The zero-order valence-electron chi connectivity index (χ0n) is 22.7. The first-order valence-corrected chi connectivity index (χ1v) is 14.6. The second-order valence-electron chi connectivity index (χ2n) is 11.6. The molecule has 4 nitrogen and oxygen atoms in total. The molecule has 0 aromatic heterocycles. The van der Waals surface area contributed by atoms with E-state index in [1.165, 1.54) is 4.90 Å². The Hall–Kier alpha value is -2.61. The lowest BCUT2D eigenvalue weighted by molar-refractivity contribution is -0.183. The molecule has 216 valence electrons. The van der Waals surface area contributed by atoms with Crippen molar-refractivity contribution in [2.75, 3.05) is 19.6 Å². The van der Waals surface area contributed by atoms with Gasteiger partial charge in [-0.15, -0.1) is 0 Å². The van der Waals surface area contributed by atoms with Gasteiger partial charge in [-0.3, -0.25) is 9.59 Å². The maximum Gasteiger partial charge on any atom is 0.391 e. The molecule has 40 heavy (non-hydrogen) atoms. The van der Waals surface area contributed by atoms with Crippen LogP contribution in [0.5, 0.6) is 0 Å². The number of alkyl halides is 4. The summed E-state index contributed by atoms with van der Waals surface area (Å²) in [7, 11) is 0. The summed E-state index contributed by atoms with van der Waals surface area (Å²) in [5.41, 5.74) is 4.14. The van der Waals surface area contributed by atoms with Crippen LogP contribution >= 0.6 is 11.6 Å². The van der Waals surface area contributed by atoms with Crippen LogP contribution in [0.15, 0.2) is 36.4 Å². The number of amides is 2. The third-order valence-corrected chi connectivity index (χ3v) is 9.33. The van der Waals surface area contributed by atoms with Crippen LogP contribution < -0.4 is 0 Å². The predicted molar refractivity (Wildman–Crippen MR) is 147 cm³/mol. The highest BCUT2D eigenvalue weighted by Crippen LogP contribution is 2.36. The van der Waals surface area contributed by atoms with Crippen molar-refractivity contribution in [2.24, 2.45) is 11.8 Å². The van der Waals surface area contributed by atoms with E-state index >= 15 is 0 Å². The Morgan fingerprint density at radius 1 is 0.925 bits per heavy atom. The first kappa shape index (κ1) is 28.9. The molecular weight excluding hydrogens is 544 g/mol. The monoisotopic (exact) mass is 578 g/mol. The van der Waals surface area contributed by atoms with Gasteiger partial charge in [-0.2, -0.15) is 13.2 Å². The van der Waals surface area contributed by atoms with Crippen LogP contribution in [0.3, 0.4) is 0 Å². The van der Waals surface area contributed by atoms with E-state index in [0.717, 1.165) is 41.5 Å². The van der Waals surface area contributed by atoms with Crippen LogP contribution in [0.25, 0.3) is 11.1 Å². The molecule has 2 aromatic carbocycles. The first-order valence-electron chi connectivity index (χ1n) is 14.2. The highest BCUT2D eigenvalue weighted by atomic mass is 35.5. The quantitative estimate of drug-likeness (QED) is 0.347. The summed E-state index contributed by atoms with van der Waals surface area (Å²) in [5.74, 6) is -1.59. The third kappa shape index (κ3) is 6.17. The Balaban J connectivity index is 1.22. The minimum atomic E-state index is -4.21. The number of benzene rings is 2. The van der Waals surface area contributed by atoms with E-state index in [-0.39, 0.29) is 49.7 Å². The number of aryl methyl sites for hydroxylation is 1. The Morgan fingerprint density at radius 3 is 2.17 bits per heavy atom. The summed E-state index contributed by atoms with van der Waals surface area (Å²) in [5, 5.41) is 0.590. The van der Waals surface area contributed by atoms with Gasteiger partial charge in [0.25, 0.3) is 5.91 Å². The predicted octanol–water partition coefficient (Wildman–Crippen LogP) is 7.40. The average Bonchev–Trinajstić information content (AvgIpc) is 3.30. The van der Waals surface area contributed by atoms with Gasteiger partial charge in [0, 0.05) is 42.2 Å². The molecule has 3 aliphatic rings. The zero-order chi connectivity index (χ0) is 28.6. The molecule has 3 fully saturated rings. The Kier molecular flexibility index (Phi) is 8.46. The van der Waals surface area contributed by atoms with E-state index < -0.39 is 18.3 Å². The molecular formula is C31H35ClF4N2O2. The van der Waals surface area contributed by atoms with Crippen LogP contribution in [0.2, 0.25) is 5.02 Å². The van der Waals surface area contributed by atoms with E-state index in [1.54, 1.807) is 12.1 Å². The van der Waals surface area contributed by atoms with E-state index in [1.807, 2.05) is 36.1 Å². The van der Waals surface area contributed by atoms with E-state index in [2.05, 4.69) is 0 Å². The van der Waals surface area contributed by atoms with Crippen molar-refractivity contribution in [2.45, 2.75) is 76.7 Å². The Labute approximate surface area is 237 Å². The lowest BCUT2D eigenvalue weighted by Gasteiger charge is -2.33. The number of likely N-dealkylation sites (tertiary alicyclic amines) is 2. The number of carbonyl (C=O) groups is 2. The summed E-state index contributed by atoms with van der Waals surface area (Å²) >= 11 is 6.73. The molecule has 2 amide bonds. The molecule has 5 rings (SSSR count). The number of piperidine rings is 1. The van der Waals surface area contributed by atoms with Gasteiger partial charge in [-0.1, -0.05) is 29.8 Å². The fourth-order valence-electron chi connectivity index (χ4n) is 6.51. The summed E-state index contributed by atoms with van der Waals surface area (Å²) < 4.78 is 52.4. The number of nitrogens with zero attached hydrogens (tertiary/aromatic N) is 2. The largest absolute Gasteiger partial charge is 0.391 e. The van der Waals surface area contributed by atoms with Crippen molar-refractivity contribution in [3.63, 3.8) is 0 Å². The molecule has 2 aromatic rings. The van der Waals surface area contributed by atoms with Gasteiger partial charge in [0.15, 0.2) is 0 Å². The fraction of sp³-hybridized carbons (Fsp3) is 0.548. The normalized spacial score (nSPS) is 24.6. The molecule has 2 aliphatic heterocycles.